The Bertz CT molecular complexity index is 598. The van der Waals surface area contributed by atoms with Gasteiger partial charge in [-0.25, -0.2) is 0 Å². The molecule has 1 aromatic carbocycles. The molecule has 0 bridgehead atoms. The Hall–Kier alpha value is -2.28. The van der Waals surface area contributed by atoms with Gasteiger partial charge in [-0.2, -0.15) is 0 Å². The minimum Gasteiger partial charge on any atom is -0.489 e. The number of amides is 1. The minimum absolute atomic E-state index is 0.0326. The molecule has 1 saturated heterocycles. The van der Waals surface area contributed by atoms with Gasteiger partial charge in [0.1, 0.15) is 11.9 Å². The van der Waals surface area contributed by atoms with E-state index in [1.165, 1.54) is 0 Å². The Morgan fingerprint density at radius 3 is 2.41 bits per heavy atom. The van der Waals surface area contributed by atoms with E-state index in [1.807, 2.05) is 51.1 Å². The van der Waals surface area contributed by atoms with Gasteiger partial charge in [-0.15, -0.1) is 0 Å². The fourth-order valence-electron chi connectivity index (χ4n) is 3.03. The molecule has 0 saturated carbocycles. The van der Waals surface area contributed by atoms with Crippen LogP contribution in [0.3, 0.4) is 0 Å². The van der Waals surface area contributed by atoms with Crippen molar-refractivity contribution in [3.05, 3.63) is 30.3 Å². The molecule has 7 nitrogen and oxygen atoms in total. The maximum absolute atomic E-state index is 11.9. The number of hydrogen-bond donors (Lipinski definition) is 2. The lowest BCUT2D eigenvalue weighted by molar-refractivity contribution is -0.123. The van der Waals surface area contributed by atoms with E-state index in [0.717, 1.165) is 37.9 Å². The molecule has 1 heterocycles. The number of nitrogens with one attached hydrogen (secondary N) is 2. The van der Waals surface area contributed by atoms with Gasteiger partial charge < -0.3 is 20.3 Å². The van der Waals surface area contributed by atoms with Crippen LogP contribution in [0, 0.1) is 0 Å². The molecule has 1 aliphatic heterocycles. The smallest absolute Gasteiger partial charge is 0.234 e. The van der Waals surface area contributed by atoms with Gasteiger partial charge in [0.2, 0.25) is 5.91 Å². The summed E-state index contributed by atoms with van der Waals surface area (Å²) in [5.74, 6) is 1.84. The molecule has 1 unspecified atom stereocenters. The third-order valence-corrected chi connectivity index (χ3v) is 4.33. The summed E-state index contributed by atoms with van der Waals surface area (Å²) in [6.45, 7) is 10.5. The van der Waals surface area contributed by atoms with E-state index in [-0.39, 0.29) is 18.1 Å². The molecular weight excluding hydrogens is 342 g/mol. The number of rotatable bonds is 7. The highest BCUT2D eigenvalue weighted by atomic mass is 16.5. The van der Waals surface area contributed by atoms with Gasteiger partial charge in [0.15, 0.2) is 5.96 Å². The van der Waals surface area contributed by atoms with Crippen LogP contribution in [-0.2, 0) is 4.79 Å². The average Bonchev–Trinajstić information content (AvgIpc) is 2.63. The van der Waals surface area contributed by atoms with Crippen molar-refractivity contribution in [3.63, 3.8) is 0 Å². The first-order valence-corrected chi connectivity index (χ1v) is 9.67. The van der Waals surface area contributed by atoms with Crippen LogP contribution in [0.1, 0.15) is 20.8 Å². The molecule has 0 spiro atoms. The van der Waals surface area contributed by atoms with E-state index in [1.54, 1.807) is 7.05 Å². The van der Waals surface area contributed by atoms with Gasteiger partial charge in [-0.3, -0.25) is 14.7 Å². The van der Waals surface area contributed by atoms with Gasteiger partial charge in [0.05, 0.1) is 13.1 Å². The molecule has 1 aromatic rings. The van der Waals surface area contributed by atoms with Crippen LogP contribution in [0.25, 0.3) is 0 Å². The van der Waals surface area contributed by atoms with E-state index in [0.29, 0.717) is 13.1 Å². The van der Waals surface area contributed by atoms with Gasteiger partial charge in [0, 0.05) is 39.3 Å². The Kier molecular flexibility index (Phi) is 8.39. The van der Waals surface area contributed by atoms with Gasteiger partial charge in [-0.05, 0) is 32.9 Å². The number of carbonyl (C=O) groups excluding carboxylic acids is 1. The molecule has 27 heavy (non-hydrogen) atoms. The summed E-state index contributed by atoms with van der Waals surface area (Å²) in [7, 11) is 1.80. The van der Waals surface area contributed by atoms with Crippen molar-refractivity contribution in [1.29, 1.82) is 0 Å². The van der Waals surface area contributed by atoms with Crippen molar-refractivity contribution in [1.82, 2.24) is 20.4 Å². The molecule has 7 heteroatoms. The van der Waals surface area contributed by atoms with Crippen molar-refractivity contribution in [2.24, 2.45) is 4.99 Å². The highest BCUT2D eigenvalue weighted by molar-refractivity contribution is 5.80. The first kappa shape index (κ1) is 21.0. The quantitative estimate of drug-likeness (QED) is 0.553. The average molecular weight is 376 g/mol. The predicted molar refractivity (Wildman–Crippen MR) is 109 cm³/mol. The molecule has 1 fully saturated rings. The summed E-state index contributed by atoms with van der Waals surface area (Å²) < 4.78 is 5.90. The summed E-state index contributed by atoms with van der Waals surface area (Å²) in [5.41, 5.74) is 0. The normalized spacial score (nSPS) is 16.9. The fraction of sp³-hybridized carbons (Fsp3) is 0.600. The van der Waals surface area contributed by atoms with Crippen LogP contribution in [0.4, 0.5) is 0 Å². The highest BCUT2D eigenvalue weighted by Crippen LogP contribution is 2.10. The summed E-state index contributed by atoms with van der Waals surface area (Å²) in [4.78, 5) is 20.7. The maximum Gasteiger partial charge on any atom is 0.234 e. The van der Waals surface area contributed by atoms with E-state index in [2.05, 4.69) is 25.4 Å². The second-order valence-electron chi connectivity index (χ2n) is 7.16. The highest BCUT2D eigenvalue weighted by Gasteiger charge is 2.21. The SMILES string of the molecule is CN=C(NCC(C)Oc1ccccc1)N1CCN(CC(=O)NC(C)C)CC1. The first-order valence-electron chi connectivity index (χ1n) is 9.67. The summed E-state index contributed by atoms with van der Waals surface area (Å²) in [5, 5.41) is 6.34. The topological polar surface area (TPSA) is 69.2 Å². The zero-order chi connectivity index (χ0) is 19.6. The monoisotopic (exact) mass is 375 g/mol. The number of guanidine groups is 1. The predicted octanol–water partition coefficient (Wildman–Crippen LogP) is 1.17. The van der Waals surface area contributed by atoms with Crippen molar-refractivity contribution in [2.45, 2.75) is 32.9 Å². The number of nitrogens with zero attached hydrogens (tertiary/aromatic N) is 3. The summed E-state index contributed by atoms with van der Waals surface area (Å²) in [6, 6.07) is 10.0. The van der Waals surface area contributed by atoms with E-state index >= 15 is 0 Å². The first-order chi connectivity index (χ1) is 13.0. The molecule has 0 aliphatic carbocycles. The van der Waals surface area contributed by atoms with Crippen molar-refractivity contribution in [2.75, 3.05) is 46.3 Å². The molecule has 0 radical (unpaired) electrons. The molecule has 2 N–H and O–H groups in total. The van der Waals surface area contributed by atoms with Crippen LogP contribution >= 0.6 is 0 Å². The number of ether oxygens (including phenoxy) is 1. The van der Waals surface area contributed by atoms with Gasteiger partial charge in [-0.1, -0.05) is 18.2 Å². The Labute approximate surface area is 162 Å². The van der Waals surface area contributed by atoms with Crippen LogP contribution in [0.5, 0.6) is 5.75 Å². The van der Waals surface area contributed by atoms with Crippen LogP contribution in [0.2, 0.25) is 0 Å². The molecule has 1 amide bonds. The Morgan fingerprint density at radius 1 is 1.15 bits per heavy atom. The van der Waals surface area contributed by atoms with Crippen molar-refractivity contribution in [3.8, 4) is 5.75 Å². The van der Waals surface area contributed by atoms with E-state index < -0.39 is 0 Å². The Balaban J connectivity index is 1.72. The molecule has 0 aromatic heterocycles. The lowest BCUT2D eigenvalue weighted by Crippen LogP contribution is -2.55. The second-order valence-corrected chi connectivity index (χ2v) is 7.16. The van der Waals surface area contributed by atoms with Gasteiger partial charge in [0.25, 0.3) is 0 Å². The molecule has 1 aliphatic rings. The molecule has 1 atom stereocenters. The maximum atomic E-state index is 11.9. The van der Waals surface area contributed by atoms with Crippen LogP contribution in [0.15, 0.2) is 35.3 Å². The largest absolute Gasteiger partial charge is 0.489 e. The third-order valence-electron chi connectivity index (χ3n) is 4.33. The van der Waals surface area contributed by atoms with E-state index in [4.69, 9.17) is 4.74 Å². The van der Waals surface area contributed by atoms with Crippen LogP contribution < -0.4 is 15.4 Å². The third kappa shape index (κ3) is 7.46. The zero-order valence-corrected chi connectivity index (χ0v) is 16.9. The summed E-state index contributed by atoms with van der Waals surface area (Å²) >= 11 is 0. The van der Waals surface area contributed by atoms with Gasteiger partial charge >= 0.3 is 0 Å². The summed E-state index contributed by atoms with van der Waals surface area (Å²) in [6.07, 6.45) is 0.0326. The lowest BCUT2D eigenvalue weighted by atomic mass is 10.3. The molecule has 2 rings (SSSR count). The van der Waals surface area contributed by atoms with Crippen molar-refractivity contribution >= 4 is 11.9 Å². The zero-order valence-electron chi connectivity index (χ0n) is 16.9. The fourth-order valence-corrected chi connectivity index (χ4v) is 3.03. The second kappa shape index (κ2) is 10.8. The molecule has 150 valence electrons. The van der Waals surface area contributed by atoms with Crippen molar-refractivity contribution < 1.29 is 9.53 Å². The number of benzene rings is 1. The number of aliphatic imine (C=N–C) groups is 1. The standard InChI is InChI=1S/C20H33N5O2/c1-16(2)23-19(26)15-24-10-12-25(13-11-24)20(21-4)22-14-17(3)27-18-8-6-5-7-9-18/h5-9,16-17H,10-15H2,1-4H3,(H,21,22)(H,23,26). The van der Waals surface area contributed by atoms with E-state index in [9.17, 15) is 4.79 Å². The lowest BCUT2D eigenvalue weighted by Gasteiger charge is -2.36. The molecular formula is C20H33N5O2. The number of piperazine rings is 1. The Morgan fingerprint density at radius 2 is 1.81 bits per heavy atom. The van der Waals surface area contributed by atoms with Crippen LogP contribution in [-0.4, -0.2) is 80.1 Å². The number of hydrogen-bond acceptors (Lipinski definition) is 4. The minimum atomic E-state index is 0.0326. The number of para-hydroxylation sites is 1. The number of carbonyl (C=O) groups is 1.